The maximum Gasteiger partial charge on any atom is 0.251 e. The predicted molar refractivity (Wildman–Crippen MR) is 64.7 cm³/mol. The normalized spacial score (nSPS) is 14.3. The van der Waals surface area contributed by atoms with Crippen molar-refractivity contribution in [1.29, 1.82) is 0 Å². The molecule has 0 aliphatic heterocycles. The number of rotatable bonds is 7. The molecular weight excluding hydrogens is 212 g/mol. The Morgan fingerprint density at radius 3 is 2.60 bits per heavy atom. The van der Waals surface area contributed by atoms with Crippen molar-refractivity contribution in [1.82, 2.24) is 5.32 Å². The van der Waals surface area contributed by atoms with E-state index >= 15 is 0 Å². The van der Waals surface area contributed by atoms with Crippen LogP contribution in [-0.4, -0.2) is 30.2 Å². The number of ether oxygens (including phenoxy) is 1. The van der Waals surface area contributed by atoms with Crippen molar-refractivity contribution in [3.63, 3.8) is 0 Å². The predicted octanol–water partition coefficient (Wildman–Crippen LogP) is 0.984. The number of nitrogens with two attached hydrogens (primary N) is 1. The fourth-order valence-corrected chi connectivity index (χ4v) is 1.19. The maximum absolute atomic E-state index is 11.7. The second-order valence-electron chi connectivity index (χ2n) is 3.61. The van der Waals surface area contributed by atoms with Crippen LogP contribution in [0.3, 0.4) is 0 Å². The summed E-state index contributed by atoms with van der Waals surface area (Å²) in [6.45, 7) is 4.27. The highest BCUT2D eigenvalue weighted by atomic mass is 32.1. The minimum absolute atomic E-state index is 0.0876. The van der Waals surface area contributed by atoms with Crippen LogP contribution in [0.25, 0.3) is 0 Å². The van der Waals surface area contributed by atoms with Crippen molar-refractivity contribution in [2.24, 2.45) is 5.73 Å². The number of thiocarbonyl (C=S) groups is 1. The van der Waals surface area contributed by atoms with Gasteiger partial charge in [-0.3, -0.25) is 4.79 Å². The van der Waals surface area contributed by atoms with Gasteiger partial charge in [-0.15, -0.1) is 0 Å². The van der Waals surface area contributed by atoms with E-state index < -0.39 is 5.60 Å². The molecule has 0 rings (SSSR count). The molecule has 15 heavy (non-hydrogen) atoms. The molecule has 0 aromatic heterocycles. The number of nitrogens with one attached hydrogen (secondary N) is 1. The van der Waals surface area contributed by atoms with E-state index in [0.29, 0.717) is 24.4 Å². The van der Waals surface area contributed by atoms with E-state index in [-0.39, 0.29) is 5.91 Å². The molecule has 0 aliphatic rings. The van der Waals surface area contributed by atoms with E-state index in [4.69, 9.17) is 22.7 Å². The van der Waals surface area contributed by atoms with Gasteiger partial charge in [-0.25, -0.2) is 0 Å². The molecule has 4 nitrogen and oxygen atoms in total. The SMILES string of the molecule is CCC(C)(OC)C(=O)NCCCC(N)=S. The maximum atomic E-state index is 11.7. The smallest absolute Gasteiger partial charge is 0.251 e. The van der Waals surface area contributed by atoms with Gasteiger partial charge in [0.25, 0.3) is 5.91 Å². The zero-order valence-electron chi connectivity index (χ0n) is 9.63. The van der Waals surface area contributed by atoms with E-state index in [1.54, 1.807) is 6.92 Å². The van der Waals surface area contributed by atoms with Crippen molar-refractivity contribution in [2.75, 3.05) is 13.7 Å². The van der Waals surface area contributed by atoms with Crippen LogP contribution < -0.4 is 11.1 Å². The van der Waals surface area contributed by atoms with Crippen LogP contribution in [0.4, 0.5) is 0 Å². The van der Waals surface area contributed by atoms with Gasteiger partial charge in [-0.05, 0) is 26.2 Å². The molecule has 0 heterocycles. The molecule has 0 aromatic carbocycles. The Labute approximate surface area is 96.5 Å². The fraction of sp³-hybridized carbons (Fsp3) is 0.800. The fourth-order valence-electron chi connectivity index (χ4n) is 1.05. The van der Waals surface area contributed by atoms with Crippen LogP contribution in [0.5, 0.6) is 0 Å². The van der Waals surface area contributed by atoms with Crippen molar-refractivity contribution >= 4 is 23.1 Å². The lowest BCUT2D eigenvalue weighted by atomic mass is 10.0. The van der Waals surface area contributed by atoms with E-state index in [9.17, 15) is 4.79 Å². The molecule has 88 valence electrons. The molecule has 1 amide bonds. The first-order chi connectivity index (χ1) is 6.96. The third-order valence-corrected chi connectivity index (χ3v) is 2.70. The second-order valence-corrected chi connectivity index (χ2v) is 4.14. The summed E-state index contributed by atoms with van der Waals surface area (Å²) in [5.41, 5.74) is 4.61. The highest BCUT2D eigenvalue weighted by Gasteiger charge is 2.30. The molecule has 0 aliphatic carbocycles. The summed E-state index contributed by atoms with van der Waals surface area (Å²) < 4.78 is 5.16. The number of methoxy groups -OCH3 is 1. The van der Waals surface area contributed by atoms with Crippen molar-refractivity contribution in [2.45, 2.75) is 38.7 Å². The summed E-state index contributed by atoms with van der Waals surface area (Å²) in [6.07, 6.45) is 2.07. The van der Waals surface area contributed by atoms with Crippen LogP contribution in [0.15, 0.2) is 0 Å². The number of hydrogen-bond acceptors (Lipinski definition) is 3. The lowest BCUT2D eigenvalue weighted by Gasteiger charge is -2.25. The largest absolute Gasteiger partial charge is 0.393 e. The van der Waals surface area contributed by atoms with Crippen LogP contribution in [0.1, 0.15) is 33.1 Å². The van der Waals surface area contributed by atoms with Crippen molar-refractivity contribution < 1.29 is 9.53 Å². The van der Waals surface area contributed by atoms with E-state index in [1.165, 1.54) is 7.11 Å². The Kier molecular flexibility index (Phi) is 6.43. The Morgan fingerprint density at radius 2 is 2.20 bits per heavy atom. The molecule has 0 saturated carbocycles. The zero-order chi connectivity index (χ0) is 11.9. The Hall–Kier alpha value is -0.680. The average Bonchev–Trinajstić information content (AvgIpc) is 2.22. The van der Waals surface area contributed by atoms with Crippen LogP contribution in [-0.2, 0) is 9.53 Å². The van der Waals surface area contributed by atoms with Gasteiger partial charge < -0.3 is 15.8 Å². The molecule has 0 radical (unpaired) electrons. The van der Waals surface area contributed by atoms with E-state index in [0.717, 1.165) is 6.42 Å². The number of carbonyl (C=O) groups excluding carboxylic acids is 1. The Bertz CT molecular complexity index is 227. The van der Waals surface area contributed by atoms with Gasteiger partial charge in [0.15, 0.2) is 0 Å². The third-order valence-electron chi connectivity index (χ3n) is 2.49. The number of amides is 1. The van der Waals surface area contributed by atoms with E-state index in [1.807, 2.05) is 6.92 Å². The molecule has 0 spiro atoms. The molecule has 3 N–H and O–H groups in total. The van der Waals surface area contributed by atoms with Gasteiger partial charge in [0, 0.05) is 13.7 Å². The summed E-state index contributed by atoms with van der Waals surface area (Å²) in [7, 11) is 1.54. The van der Waals surface area contributed by atoms with Gasteiger partial charge >= 0.3 is 0 Å². The average molecular weight is 232 g/mol. The van der Waals surface area contributed by atoms with Gasteiger partial charge in [0.2, 0.25) is 0 Å². The Morgan fingerprint density at radius 1 is 1.60 bits per heavy atom. The number of carbonyl (C=O) groups is 1. The molecule has 0 fully saturated rings. The highest BCUT2D eigenvalue weighted by Crippen LogP contribution is 2.13. The summed E-state index contributed by atoms with van der Waals surface area (Å²) in [6, 6.07) is 0. The topological polar surface area (TPSA) is 64.3 Å². The summed E-state index contributed by atoms with van der Waals surface area (Å²) in [5.74, 6) is -0.0876. The first kappa shape index (κ1) is 14.3. The zero-order valence-corrected chi connectivity index (χ0v) is 10.4. The molecule has 1 unspecified atom stereocenters. The molecular formula is C10H20N2O2S. The lowest BCUT2D eigenvalue weighted by Crippen LogP contribution is -2.45. The van der Waals surface area contributed by atoms with E-state index in [2.05, 4.69) is 5.32 Å². The first-order valence-corrected chi connectivity index (χ1v) is 5.49. The van der Waals surface area contributed by atoms with Gasteiger partial charge in [0.05, 0.1) is 4.99 Å². The number of hydrogen-bond donors (Lipinski definition) is 2. The molecule has 0 aromatic rings. The van der Waals surface area contributed by atoms with Gasteiger partial charge in [-0.1, -0.05) is 19.1 Å². The Balaban J connectivity index is 3.87. The summed E-state index contributed by atoms with van der Waals surface area (Å²) >= 11 is 4.73. The second kappa shape index (κ2) is 6.74. The quantitative estimate of drug-likeness (QED) is 0.507. The lowest BCUT2D eigenvalue weighted by molar-refractivity contribution is -0.141. The molecule has 0 bridgehead atoms. The monoisotopic (exact) mass is 232 g/mol. The standard InChI is InChI=1S/C10H20N2O2S/c1-4-10(2,14-3)9(13)12-7-5-6-8(11)15/h4-7H2,1-3H3,(H2,11,15)(H,12,13). The van der Waals surface area contributed by atoms with Crippen molar-refractivity contribution in [3.05, 3.63) is 0 Å². The third kappa shape index (κ3) is 5.09. The minimum Gasteiger partial charge on any atom is -0.393 e. The molecule has 5 heteroatoms. The first-order valence-electron chi connectivity index (χ1n) is 5.08. The molecule has 1 atom stereocenters. The summed E-state index contributed by atoms with van der Waals surface area (Å²) in [5, 5.41) is 2.80. The minimum atomic E-state index is -0.733. The van der Waals surface area contributed by atoms with Crippen molar-refractivity contribution in [3.8, 4) is 0 Å². The summed E-state index contributed by atoms with van der Waals surface area (Å²) in [4.78, 5) is 12.2. The van der Waals surface area contributed by atoms with Crippen LogP contribution in [0.2, 0.25) is 0 Å². The van der Waals surface area contributed by atoms with Gasteiger partial charge in [0.1, 0.15) is 5.60 Å². The molecule has 0 saturated heterocycles. The van der Waals surface area contributed by atoms with Crippen LogP contribution in [0, 0.1) is 0 Å². The highest BCUT2D eigenvalue weighted by molar-refractivity contribution is 7.80. The van der Waals surface area contributed by atoms with Gasteiger partial charge in [-0.2, -0.15) is 0 Å². The van der Waals surface area contributed by atoms with Crippen LogP contribution >= 0.6 is 12.2 Å².